The van der Waals surface area contributed by atoms with E-state index in [1.165, 1.54) is 5.56 Å². The molecule has 20 heavy (non-hydrogen) atoms. The third kappa shape index (κ3) is 4.66. The van der Waals surface area contributed by atoms with Crippen LogP contribution in [0.1, 0.15) is 32.8 Å². The van der Waals surface area contributed by atoms with Gasteiger partial charge in [0.25, 0.3) is 0 Å². The topological polar surface area (TPSA) is 29.9 Å². The molecule has 0 aliphatic carbocycles. The average molecular weight is 292 g/mol. The summed E-state index contributed by atoms with van der Waals surface area (Å²) in [4.78, 5) is 0. The number of benzene rings is 1. The zero-order valence-corrected chi connectivity index (χ0v) is 13.1. The molecule has 3 nitrogen and oxygen atoms in total. The van der Waals surface area contributed by atoms with Crippen molar-refractivity contribution in [2.75, 3.05) is 6.54 Å². The fourth-order valence-electron chi connectivity index (χ4n) is 2.00. The van der Waals surface area contributed by atoms with Crippen LogP contribution < -0.4 is 5.32 Å². The van der Waals surface area contributed by atoms with E-state index in [-0.39, 0.29) is 5.54 Å². The van der Waals surface area contributed by atoms with Crippen LogP contribution in [0.5, 0.6) is 0 Å². The Labute approximate surface area is 126 Å². The highest BCUT2D eigenvalue weighted by Crippen LogP contribution is 2.15. The maximum atomic E-state index is 6.00. The molecule has 0 bridgehead atoms. The minimum Gasteiger partial charge on any atom is -0.312 e. The summed E-state index contributed by atoms with van der Waals surface area (Å²) in [6.07, 6.45) is 6.14. The monoisotopic (exact) mass is 291 g/mol. The molecule has 0 saturated carbocycles. The molecule has 1 aromatic carbocycles. The van der Waals surface area contributed by atoms with Gasteiger partial charge in [0.05, 0.1) is 11.9 Å². The SMILES string of the molecule is CC(C)(C)NCCCc1cnn(-c2cccc(Cl)c2)c1. The van der Waals surface area contributed by atoms with E-state index in [0.29, 0.717) is 0 Å². The van der Waals surface area contributed by atoms with Gasteiger partial charge in [-0.05, 0) is 63.9 Å². The Bertz CT molecular complexity index is 555. The zero-order valence-electron chi connectivity index (χ0n) is 12.4. The van der Waals surface area contributed by atoms with Gasteiger partial charge in [-0.15, -0.1) is 0 Å². The van der Waals surface area contributed by atoms with Crippen molar-refractivity contribution >= 4 is 11.6 Å². The smallest absolute Gasteiger partial charge is 0.0660 e. The molecular formula is C16H22ClN3. The first kappa shape index (κ1) is 15.1. The van der Waals surface area contributed by atoms with Crippen molar-refractivity contribution in [3.63, 3.8) is 0 Å². The van der Waals surface area contributed by atoms with Crippen LogP contribution in [0.25, 0.3) is 5.69 Å². The maximum absolute atomic E-state index is 6.00. The van der Waals surface area contributed by atoms with E-state index in [0.717, 1.165) is 30.1 Å². The molecule has 0 spiro atoms. The van der Waals surface area contributed by atoms with E-state index in [2.05, 4.69) is 37.4 Å². The summed E-state index contributed by atoms with van der Waals surface area (Å²) in [7, 11) is 0. The lowest BCUT2D eigenvalue weighted by atomic mass is 10.1. The molecule has 0 unspecified atom stereocenters. The predicted molar refractivity (Wildman–Crippen MR) is 84.7 cm³/mol. The summed E-state index contributed by atoms with van der Waals surface area (Å²) in [5, 5.41) is 8.62. The molecule has 0 fully saturated rings. The number of halogens is 1. The highest BCUT2D eigenvalue weighted by atomic mass is 35.5. The molecule has 0 aliphatic rings. The number of hydrogen-bond donors (Lipinski definition) is 1. The van der Waals surface area contributed by atoms with E-state index in [9.17, 15) is 0 Å². The molecule has 0 saturated heterocycles. The van der Waals surface area contributed by atoms with Crippen LogP contribution in [-0.4, -0.2) is 21.9 Å². The molecule has 0 amide bonds. The molecular weight excluding hydrogens is 270 g/mol. The quantitative estimate of drug-likeness (QED) is 0.848. The van der Waals surface area contributed by atoms with E-state index < -0.39 is 0 Å². The van der Waals surface area contributed by atoms with Gasteiger partial charge in [-0.3, -0.25) is 0 Å². The molecule has 2 aromatic rings. The summed E-state index contributed by atoms with van der Waals surface area (Å²) in [5.41, 5.74) is 2.43. The molecule has 2 rings (SSSR count). The fourth-order valence-corrected chi connectivity index (χ4v) is 2.19. The van der Waals surface area contributed by atoms with Gasteiger partial charge in [0.2, 0.25) is 0 Å². The Morgan fingerprint density at radius 1 is 1.30 bits per heavy atom. The van der Waals surface area contributed by atoms with Crippen LogP contribution >= 0.6 is 11.6 Å². The van der Waals surface area contributed by atoms with Crippen LogP contribution in [0.4, 0.5) is 0 Å². The van der Waals surface area contributed by atoms with E-state index >= 15 is 0 Å². The highest BCUT2D eigenvalue weighted by Gasteiger charge is 2.07. The summed E-state index contributed by atoms with van der Waals surface area (Å²) in [6.45, 7) is 7.57. The fraction of sp³-hybridized carbons (Fsp3) is 0.438. The molecule has 0 aliphatic heterocycles. The molecule has 4 heteroatoms. The molecule has 108 valence electrons. The summed E-state index contributed by atoms with van der Waals surface area (Å²) >= 11 is 6.00. The van der Waals surface area contributed by atoms with Gasteiger partial charge in [0.1, 0.15) is 0 Å². The lowest BCUT2D eigenvalue weighted by Gasteiger charge is -2.20. The number of aryl methyl sites for hydroxylation is 1. The average Bonchev–Trinajstić information content (AvgIpc) is 2.82. The number of hydrogen-bond acceptors (Lipinski definition) is 2. The van der Waals surface area contributed by atoms with Gasteiger partial charge in [-0.1, -0.05) is 17.7 Å². The van der Waals surface area contributed by atoms with Gasteiger partial charge in [-0.2, -0.15) is 5.10 Å². The Morgan fingerprint density at radius 2 is 2.10 bits per heavy atom. The normalized spacial score (nSPS) is 11.8. The standard InChI is InChI=1S/C16H22ClN3/c1-16(2,3)18-9-5-6-13-11-19-20(12-13)15-8-4-7-14(17)10-15/h4,7-8,10-12,18H,5-6,9H2,1-3H3. The molecule has 1 heterocycles. The second-order valence-corrected chi connectivity index (χ2v) is 6.49. The van der Waals surface area contributed by atoms with Crippen molar-refractivity contribution < 1.29 is 0 Å². The lowest BCUT2D eigenvalue weighted by molar-refractivity contribution is 0.422. The van der Waals surface area contributed by atoms with Gasteiger partial charge >= 0.3 is 0 Å². The van der Waals surface area contributed by atoms with Crippen LogP contribution in [0.2, 0.25) is 5.02 Å². The van der Waals surface area contributed by atoms with Crippen LogP contribution in [0.3, 0.4) is 0 Å². The Balaban J connectivity index is 1.90. The molecule has 1 aromatic heterocycles. The van der Waals surface area contributed by atoms with Crippen LogP contribution in [0, 0.1) is 0 Å². The van der Waals surface area contributed by atoms with Crippen LogP contribution in [-0.2, 0) is 6.42 Å². The van der Waals surface area contributed by atoms with E-state index in [4.69, 9.17) is 11.6 Å². The maximum Gasteiger partial charge on any atom is 0.0660 e. The second-order valence-electron chi connectivity index (χ2n) is 6.05. The number of nitrogens with zero attached hydrogens (tertiary/aromatic N) is 2. The van der Waals surface area contributed by atoms with Gasteiger partial charge < -0.3 is 5.32 Å². The van der Waals surface area contributed by atoms with E-state index in [1.54, 1.807) is 0 Å². The largest absolute Gasteiger partial charge is 0.312 e. The first-order valence-corrected chi connectivity index (χ1v) is 7.36. The first-order chi connectivity index (χ1) is 9.44. The Hall–Kier alpha value is -1.32. The first-order valence-electron chi connectivity index (χ1n) is 6.98. The van der Waals surface area contributed by atoms with Gasteiger partial charge in [0.15, 0.2) is 0 Å². The summed E-state index contributed by atoms with van der Waals surface area (Å²) in [6, 6.07) is 7.73. The lowest BCUT2D eigenvalue weighted by Crippen LogP contribution is -2.36. The number of aromatic nitrogens is 2. The minimum absolute atomic E-state index is 0.185. The third-order valence-corrected chi connectivity index (χ3v) is 3.24. The number of nitrogens with one attached hydrogen (secondary N) is 1. The predicted octanol–water partition coefficient (Wildman–Crippen LogP) is 3.85. The van der Waals surface area contributed by atoms with Crippen molar-refractivity contribution in [3.05, 3.63) is 47.2 Å². The molecule has 0 radical (unpaired) electrons. The second kappa shape index (κ2) is 6.42. The van der Waals surface area contributed by atoms with Crippen LogP contribution in [0.15, 0.2) is 36.7 Å². The summed E-state index contributed by atoms with van der Waals surface area (Å²) < 4.78 is 1.87. The van der Waals surface area contributed by atoms with Crippen molar-refractivity contribution in [1.82, 2.24) is 15.1 Å². The Kier molecular flexibility index (Phi) is 4.84. The third-order valence-electron chi connectivity index (χ3n) is 3.01. The molecule has 1 N–H and O–H groups in total. The Morgan fingerprint density at radius 3 is 2.80 bits per heavy atom. The highest BCUT2D eigenvalue weighted by molar-refractivity contribution is 6.30. The van der Waals surface area contributed by atoms with Crippen molar-refractivity contribution in [3.8, 4) is 5.69 Å². The van der Waals surface area contributed by atoms with E-state index in [1.807, 2.05) is 35.1 Å². The van der Waals surface area contributed by atoms with Gasteiger partial charge in [0, 0.05) is 16.8 Å². The van der Waals surface area contributed by atoms with Crippen molar-refractivity contribution in [2.24, 2.45) is 0 Å². The minimum atomic E-state index is 0.185. The summed E-state index contributed by atoms with van der Waals surface area (Å²) in [5.74, 6) is 0. The van der Waals surface area contributed by atoms with Gasteiger partial charge in [-0.25, -0.2) is 4.68 Å². The molecule has 0 atom stereocenters. The van der Waals surface area contributed by atoms with Crippen molar-refractivity contribution in [1.29, 1.82) is 0 Å². The number of rotatable bonds is 5. The van der Waals surface area contributed by atoms with Crippen molar-refractivity contribution in [2.45, 2.75) is 39.2 Å². The zero-order chi connectivity index (χ0) is 14.6.